The Balaban J connectivity index is 0.000000222. The smallest absolute Gasteiger partial charge is 0.171 e. The Labute approximate surface area is 47.3 Å². The summed E-state index contributed by atoms with van der Waals surface area (Å²) in [7, 11) is 1.50. The van der Waals surface area contributed by atoms with Gasteiger partial charge in [0.1, 0.15) is 0 Å². The number of nitrogens with zero attached hydrogens (tertiary/aromatic N) is 3. The predicted molar refractivity (Wildman–Crippen MR) is 29.0 cm³/mol. The number of tetrazole rings is 1. The summed E-state index contributed by atoms with van der Waals surface area (Å²) in [6.07, 6.45) is 0. The highest BCUT2D eigenvalue weighted by Crippen LogP contribution is 1.69. The molecule has 0 saturated heterocycles. The van der Waals surface area contributed by atoms with Crippen LogP contribution in [0.5, 0.6) is 0 Å². The highest BCUT2D eigenvalue weighted by Gasteiger charge is 1.78. The summed E-state index contributed by atoms with van der Waals surface area (Å²) in [5.74, 6) is 0.676. The van der Waals surface area contributed by atoms with Crippen molar-refractivity contribution in [1.82, 2.24) is 20.6 Å². The first kappa shape index (κ1) is 7.03. The van der Waals surface area contributed by atoms with Crippen molar-refractivity contribution in [2.24, 2.45) is 5.73 Å². The average Bonchev–Trinajstić information content (AvgIpc) is 2.24. The van der Waals surface area contributed by atoms with Gasteiger partial charge in [0, 0.05) is 0 Å². The fourth-order valence-electron chi connectivity index (χ4n) is 0.212. The molecule has 8 heavy (non-hydrogen) atoms. The van der Waals surface area contributed by atoms with Gasteiger partial charge in [-0.15, -0.1) is 10.2 Å². The molecule has 0 bridgehead atoms. The van der Waals surface area contributed by atoms with Gasteiger partial charge >= 0.3 is 0 Å². The van der Waals surface area contributed by atoms with Gasteiger partial charge in [0.05, 0.1) is 0 Å². The van der Waals surface area contributed by atoms with Crippen LogP contribution >= 0.6 is 0 Å². The maximum atomic E-state index is 4.50. The molecule has 0 atom stereocenters. The van der Waals surface area contributed by atoms with E-state index in [1.807, 2.05) is 0 Å². The second kappa shape index (κ2) is 4.20. The van der Waals surface area contributed by atoms with E-state index in [1.54, 1.807) is 6.92 Å². The average molecular weight is 115 g/mol. The van der Waals surface area contributed by atoms with E-state index < -0.39 is 0 Å². The van der Waals surface area contributed by atoms with E-state index in [4.69, 9.17) is 0 Å². The minimum Gasteiger partial charge on any atom is -0.333 e. The zero-order chi connectivity index (χ0) is 6.41. The first-order chi connectivity index (χ1) is 3.89. The molecule has 0 aliphatic heterocycles. The van der Waals surface area contributed by atoms with Crippen molar-refractivity contribution in [1.29, 1.82) is 0 Å². The molecule has 0 aliphatic carbocycles. The molecule has 3 N–H and O–H groups in total. The van der Waals surface area contributed by atoms with Gasteiger partial charge in [0.15, 0.2) is 5.82 Å². The molecule has 1 aromatic rings. The normalized spacial score (nSPS) is 7.38. The third-order valence-corrected chi connectivity index (χ3v) is 0.451. The molecule has 1 heterocycles. The molecule has 0 spiro atoms. The summed E-state index contributed by atoms with van der Waals surface area (Å²) in [6, 6.07) is 0. The van der Waals surface area contributed by atoms with E-state index in [0.717, 1.165) is 0 Å². The molecule has 0 aromatic carbocycles. The molecule has 5 nitrogen and oxygen atoms in total. The van der Waals surface area contributed by atoms with Crippen molar-refractivity contribution in [2.45, 2.75) is 6.92 Å². The lowest BCUT2D eigenvalue weighted by molar-refractivity contribution is 0.881. The van der Waals surface area contributed by atoms with E-state index in [1.165, 1.54) is 7.05 Å². The van der Waals surface area contributed by atoms with E-state index in [0.29, 0.717) is 5.82 Å². The van der Waals surface area contributed by atoms with Crippen LogP contribution in [0.1, 0.15) is 5.82 Å². The molecule has 0 radical (unpaired) electrons. The Morgan fingerprint density at radius 3 is 2.25 bits per heavy atom. The molecule has 1 rings (SSSR count). The van der Waals surface area contributed by atoms with Gasteiger partial charge in [-0.1, -0.05) is 5.21 Å². The van der Waals surface area contributed by atoms with Crippen molar-refractivity contribution in [3.05, 3.63) is 5.82 Å². The van der Waals surface area contributed by atoms with Gasteiger partial charge in [-0.3, -0.25) is 0 Å². The number of aromatic nitrogens is 4. The van der Waals surface area contributed by atoms with Crippen LogP contribution in [0.4, 0.5) is 0 Å². The number of aromatic amines is 1. The summed E-state index contributed by atoms with van der Waals surface area (Å²) in [5, 5.41) is 12.7. The number of nitrogens with two attached hydrogens (primary N) is 1. The Bertz CT molecular complexity index is 111. The maximum Gasteiger partial charge on any atom is 0.171 e. The number of hydrogen-bond acceptors (Lipinski definition) is 4. The van der Waals surface area contributed by atoms with Crippen molar-refractivity contribution >= 4 is 0 Å². The van der Waals surface area contributed by atoms with Crippen LogP contribution in [0.15, 0.2) is 0 Å². The van der Waals surface area contributed by atoms with Crippen LogP contribution in [-0.2, 0) is 0 Å². The molecule has 1 aromatic heterocycles. The van der Waals surface area contributed by atoms with Crippen molar-refractivity contribution in [3.63, 3.8) is 0 Å². The predicted octanol–water partition coefficient (Wildman–Crippen LogP) is -0.917. The van der Waals surface area contributed by atoms with Gasteiger partial charge < -0.3 is 5.73 Å². The molecule has 5 heteroatoms. The number of rotatable bonds is 0. The quantitative estimate of drug-likeness (QED) is 0.458. The fraction of sp³-hybridized carbons (Fsp3) is 0.667. The lowest BCUT2D eigenvalue weighted by Gasteiger charge is -1.59. The molecular weight excluding hydrogens is 106 g/mol. The van der Waals surface area contributed by atoms with Crippen LogP contribution in [-0.4, -0.2) is 27.7 Å². The second-order valence-electron chi connectivity index (χ2n) is 0.959. The van der Waals surface area contributed by atoms with Crippen LogP contribution in [0.25, 0.3) is 0 Å². The van der Waals surface area contributed by atoms with E-state index in [2.05, 4.69) is 26.4 Å². The summed E-state index contributed by atoms with van der Waals surface area (Å²) < 4.78 is 0. The van der Waals surface area contributed by atoms with Gasteiger partial charge in [0.25, 0.3) is 0 Å². The SMILES string of the molecule is CN.Cc1nn[nH]n1. The highest BCUT2D eigenvalue weighted by molar-refractivity contribution is 4.63. The van der Waals surface area contributed by atoms with Crippen LogP contribution < -0.4 is 5.73 Å². The Hall–Kier alpha value is -0.970. The molecule has 46 valence electrons. The summed E-state index contributed by atoms with van der Waals surface area (Å²) in [4.78, 5) is 0. The first-order valence-electron chi connectivity index (χ1n) is 2.17. The first-order valence-corrected chi connectivity index (χ1v) is 2.17. The molecule has 0 fully saturated rings. The highest BCUT2D eigenvalue weighted by atomic mass is 15.5. The third-order valence-electron chi connectivity index (χ3n) is 0.451. The standard InChI is InChI=1S/C2H4N4.CH5N/c1-2-3-5-6-4-2;1-2/h1H3,(H,3,4,5,6);2H2,1H3. The van der Waals surface area contributed by atoms with Crippen LogP contribution in [0.2, 0.25) is 0 Å². The van der Waals surface area contributed by atoms with Crippen LogP contribution in [0.3, 0.4) is 0 Å². The van der Waals surface area contributed by atoms with Crippen LogP contribution in [0, 0.1) is 6.92 Å². The summed E-state index contributed by atoms with van der Waals surface area (Å²) >= 11 is 0. The lowest BCUT2D eigenvalue weighted by atomic mass is 10.8. The zero-order valence-electron chi connectivity index (χ0n) is 4.92. The summed E-state index contributed by atoms with van der Waals surface area (Å²) in [6.45, 7) is 1.77. The topological polar surface area (TPSA) is 80.5 Å². The van der Waals surface area contributed by atoms with Gasteiger partial charge in [0.2, 0.25) is 0 Å². The Kier molecular flexibility index (Phi) is 3.69. The van der Waals surface area contributed by atoms with E-state index >= 15 is 0 Å². The second-order valence-corrected chi connectivity index (χ2v) is 0.959. The Morgan fingerprint density at radius 2 is 2.12 bits per heavy atom. The largest absolute Gasteiger partial charge is 0.333 e. The number of H-pyrrole nitrogens is 1. The molecular formula is C3H9N5. The lowest BCUT2D eigenvalue weighted by Crippen LogP contribution is -1.69. The number of hydrogen-bond donors (Lipinski definition) is 2. The van der Waals surface area contributed by atoms with Crippen molar-refractivity contribution in [3.8, 4) is 0 Å². The monoisotopic (exact) mass is 115 g/mol. The number of aryl methyl sites for hydroxylation is 1. The fourth-order valence-corrected chi connectivity index (χ4v) is 0.212. The van der Waals surface area contributed by atoms with E-state index in [9.17, 15) is 0 Å². The van der Waals surface area contributed by atoms with Gasteiger partial charge in [-0.05, 0) is 14.0 Å². The van der Waals surface area contributed by atoms with Gasteiger partial charge in [-0.25, -0.2) is 0 Å². The van der Waals surface area contributed by atoms with Crippen molar-refractivity contribution in [2.75, 3.05) is 7.05 Å². The van der Waals surface area contributed by atoms with E-state index in [-0.39, 0.29) is 0 Å². The Morgan fingerprint density at radius 1 is 1.50 bits per heavy atom. The molecule has 0 amide bonds. The molecule has 0 saturated carbocycles. The minimum atomic E-state index is 0.676. The maximum absolute atomic E-state index is 4.50. The van der Waals surface area contributed by atoms with Gasteiger partial charge in [-0.2, -0.15) is 5.21 Å². The molecule has 0 unspecified atom stereocenters. The zero-order valence-corrected chi connectivity index (χ0v) is 4.92. The number of nitrogens with one attached hydrogen (secondary N) is 1. The summed E-state index contributed by atoms with van der Waals surface area (Å²) in [5.41, 5.74) is 4.50. The minimum absolute atomic E-state index is 0.676. The molecule has 0 aliphatic rings. The van der Waals surface area contributed by atoms with Crippen molar-refractivity contribution < 1.29 is 0 Å². The third kappa shape index (κ3) is 2.25.